The van der Waals surface area contributed by atoms with Gasteiger partial charge in [-0.2, -0.15) is 0 Å². The Hall–Kier alpha value is -2.79. The van der Waals surface area contributed by atoms with Crippen LogP contribution in [0.4, 0.5) is 11.4 Å². The van der Waals surface area contributed by atoms with Crippen LogP contribution in [0.15, 0.2) is 59.3 Å². The number of anilines is 2. The summed E-state index contributed by atoms with van der Waals surface area (Å²) in [6.45, 7) is 1.96. The maximum absolute atomic E-state index is 12.7. The van der Waals surface area contributed by atoms with Crippen LogP contribution in [0.3, 0.4) is 0 Å². The number of carbonyl (C=O) groups is 2. The fourth-order valence-corrected chi connectivity index (χ4v) is 2.59. The van der Waals surface area contributed by atoms with E-state index in [0.29, 0.717) is 17.1 Å². The van der Waals surface area contributed by atoms with Crippen molar-refractivity contribution < 1.29 is 14.3 Å². The smallest absolute Gasteiger partial charge is 0.283 e. The van der Waals surface area contributed by atoms with Gasteiger partial charge in [0.05, 0.1) is 12.8 Å². The molecule has 2 aromatic rings. The standard InChI is InChI=1S/C18H15ClN2O3/c1-11-6-8-12(9-7-11)20-16-15(19)17(22)21(18(16)23)13-4-3-5-14(10-13)24-2/h3-10,20H,1-2H3. The molecule has 122 valence electrons. The highest BCUT2D eigenvalue weighted by Crippen LogP contribution is 2.31. The van der Waals surface area contributed by atoms with Crippen LogP contribution in [-0.4, -0.2) is 18.9 Å². The second-order valence-corrected chi connectivity index (χ2v) is 5.71. The lowest BCUT2D eigenvalue weighted by molar-refractivity contribution is -0.120. The number of benzene rings is 2. The van der Waals surface area contributed by atoms with Crippen molar-refractivity contribution in [2.24, 2.45) is 0 Å². The van der Waals surface area contributed by atoms with E-state index >= 15 is 0 Å². The van der Waals surface area contributed by atoms with E-state index in [1.165, 1.54) is 7.11 Å². The van der Waals surface area contributed by atoms with Crippen LogP contribution >= 0.6 is 11.6 Å². The summed E-state index contributed by atoms with van der Waals surface area (Å²) in [5.41, 5.74) is 2.24. The highest BCUT2D eigenvalue weighted by Gasteiger charge is 2.39. The lowest BCUT2D eigenvalue weighted by Gasteiger charge is -2.16. The highest BCUT2D eigenvalue weighted by atomic mass is 35.5. The third-order valence-electron chi connectivity index (χ3n) is 3.66. The third-order valence-corrected chi connectivity index (χ3v) is 4.01. The van der Waals surface area contributed by atoms with E-state index in [-0.39, 0.29) is 10.7 Å². The van der Waals surface area contributed by atoms with Crippen molar-refractivity contribution in [1.29, 1.82) is 0 Å². The Bertz CT molecular complexity index is 844. The first-order chi connectivity index (χ1) is 11.5. The van der Waals surface area contributed by atoms with Crippen molar-refractivity contribution >= 4 is 34.8 Å². The number of amides is 2. The number of aryl methyl sites for hydroxylation is 1. The largest absolute Gasteiger partial charge is 0.497 e. The molecule has 0 spiro atoms. The Morgan fingerprint density at radius 1 is 1.04 bits per heavy atom. The summed E-state index contributed by atoms with van der Waals surface area (Å²) in [6, 6.07) is 14.1. The minimum atomic E-state index is -0.565. The number of nitrogens with one attached hydrogen (secondary N) is 1. The number of hydrogen-bond acceptors (Lipinski definition) is 4. The summed E-state index contributed by atoms with van der Waals surface area (Å²) in [7, 11) is 1.52. The molecule has 6 heteroatoms. The topological polar surface area (TPSA) is 58.6 Å². The summed E-state index contributed by atoms with van der Waals surface area (Å²) in [5, 5.41) is 2.80. The SMILES string of the molecule is COc1cccc(N2C(=O)C(Cl)=C(Nc3ccc(C)cc3)C2=O)c1. The number of hydrogen-bond donors (Lipinski definition) is 1. The molecule has 1 heterocycles. The van der Waals surface area contributed by atoms with Crippen LogP contribution in [0.2, 0.25) is 0 Å². The predicted molar refractivity (Wildman–Crippen MR) is 93.2 cm³/mol. The molecule has 0 bridgehead atoms. The van der Waals surface area contributed by atoms with Crippen molar-refractivity contribution in [2.45, 2.75) is 6.92 Å². The molecule has 5 nitrogen and oxygen atoms in total. The predicted octanol–water partition coefficient (Wildman–Crippen LogP) is 3.44. The molecular weight excluding hydrogens is 328 g/mol. The van der Waals surface area contributed by atoms with Crippen LogP contribution in [-0.2, 0) is 9.59 Å². The first-order valence-electron chi connectivity index (χ1n) is 7.27. The summed E-state index contributed by atoms with van der Waals surface area (Å²) in [6.07, 6.45) is 0. The molecule has 0 fully saturated rings. The van der Waals surface area contributed by atoms with E-state index in [2.05, 4.69) is 5.32 Å². The van der Waals surface area contributed by atoms with Gasteiger partial charge < -0.3 is 10.1 Å². The van der Waals surface area contributed by atoms with Crippen LogP contribution in [0.5, 0.6) is 5.75 Å². The molecule has 1 aliphatic heterocycles. The zero-order chi connectivity index (χ0) is 17.3. The molecule has 0 unspecified atom stereocenters. The van der Waals surface area contributed by atoms with Gasteiger partial charge in [-0.05, 0) is 31.2 Å². The molecule has 1 N–H and O–H groups in total. The highest BCUT2D eigenvalue weighted by molar-refractivity contribution is 6.53. The monoisotopic (exact) mass is 342 g/mol. The van der Waals surface area contributed by atoms with Gasteiger partial charge in [-0.3, -0.25) is 9.59 Å². The number of rotatable bonds is 4. The summed E-state index contributed by atoms with van der Waals surface area (Å²) in [5.74, 6) is -0.521. The lowest BCUT2D eigenvalue weighted by Crippen LogP contribution is -2.32. The normalized spacial score (nSPS) is 14.4. The Labute approximate surface area is 144 Å². The molecule has 0 saturated heterocycles. The van der Waals surface area contributed by atoms with Gasteiger partial charge in [0.2, 0.25) is 0 Å². The fourth-order valence-electron chi connectivity index (χ4n) is 2.38. The zero-order valence-electron chi connectivity index (χ0n) is 13.2. The molecule has 2 amide bonds. The molecule has 0 aromatic heterocycles. The summed E-state index contributed by atoms with van der Waals surface area (Å²) < 4.78 is 5.13. The van der Waals surface area contributed by atoms with Gasteiger partial charge >= 0.3 is 0 Å². The number of nitrogens with zero attached hydrogens (tertiary/aromatic N) is 1. The van der Waals surface area contributed by atoms with Crippen LogP contribution in [0.1, 0.15) is 5.56 Å². The van der Waals surface area contributed by atoms with E-state index in [4.69, 9.17) is 16.3 Å². The minimum Gasteiger partial charge on any atom is -0.497 e. The Morgan fingerprint density at radius 2 is 1.75 bits per heavy atom. The number of imide groups is 1. The van der Waals surface area contributed by atoms with Gasteiger partial charge in [-0.25, -0.2) is 4.90 Å². The van der Waals surface area contributed by atoms with Gasteiger partial charge in [0.25, 0.3) is 11.8 Å². The number of carbonyl (C=O) groups excluding carboxylic acids is 2. The number of ether oxygens (including phenoxy) is 1. The molecule has 2 aromatic carbocycles. The van der Waals surface area contributed by atoms with Crippen molar-refractivity contribution in [3.8, 4) is 5.75 Å². The summed E-state index contributed by atoms with van der Waals surface area (Å²) in [4.78, 5) is 26.1. The average Bonchev–Trinajstić information content (AvgIpc) is 2.80. The maximum atomic E-state index is 12.7. The molecule has 1 aliphatic rings. The van der Waals surface area contributed by atoms with E-state index in [1.54, 1.807) is 24.3 Å². The second-order valence-electron chi connectivity index (χ2n) is 5.33. The summed E-state index contributed by atoms with van der Waals surface area (Å²) >= 11 is 6.10. The van der Waals surface area contributed by atoms with E-state index in [1.807, 2.05) is 31.2 Å². The van der Waals surface area contributed by atoms with E-state index < -0.39 is 11.8 Å². The fraction of sp³-hybridized carbons (Fsp3) is 0.111. The van der Waals surface area contributed by atoms with Crippen molar-refractivity contribution in [3.05, 3.63) is 64.8 Å². The number of halogens is 1. The van der Waals surface area contributed by atoms with Crippen LogP contribution < -0.4 is 15.0 Å². The second kappa shape index (κ2) is 6.37. The quantitative estimate of drug-likeness (QED) is 0.865. The Balaban J connectivity index is 1.91. The van der Waals surface area contributed by atoms with E-state index in [9.17, 15) is 9.59 Å². The van der Waals surface area contributed by atoms with Gasteiger partial charge in [-0.15, -0.1) is 0 Å². The van der Waals surface area contributed by atoms with Crippen molar-refractivity contribution in [2.75, 3.05) is 17.3 Å². The van der Waals surface area contributed by atoms with Gasteiger partial charge in [-0.1, -0.05) is 35.4 Å². The van der Waals surface area contributed by atoms with Crippen molar-refractivity contribution in [1.82, 2.24) is 0 Å². The molecule has 0 saturated carbocycles. The van der Waals surface area contributed by atoms with Crippen LogP contribution in [0.25, 0.3) is 0 Å². The first kappa shape index (κ1) is 16.1. The maximum Gasteiger partial charge on any atom is 0.283 e. The van der Waals surface area contributed by atoms with Crippen LogP contribution in [0, 0.1) is 6.92 Å². The van der Waals surface area contributed by atoms with Gasteiger partial charge in [0, 0.05) is 11.8 Å². The minimum absolute atomic E-state index is 0.0633. The Morgan fingerprint density at radius 3 is 2.42 bits per heavy atom. The van der Waals surface area contributed by atoms with Crippen molar-refractivity contribution in [3.63, 3.8) is 0 Å². The lowest BCUT2D eigenvalue weighted by atomic mass is 10.2. The zero-order valence-corrected chi connectivity index (χ0v) is 13.9. The molecule has 0 aliphatic carbocycles. The molecule has 0 atom stereocenters. The molecular formula is C18H15ClN2O3. The van der Waals surface area contributed by atoms with Gasteiger partial charge in [0.1, 0.15) is 16.5 Å². The molecule has 3 rings (SSSR count). The van der Waals surface area contributed by atoms with Gasteiger partial charge in [0.15, 0.2) is 0 Å². The first-order valence-corrected chi connectivity index (χ1v) is 7.65. The molecule has 0 radical (unpaired) electrons. The Kier molecular flexibility index (Phi) is 4.27. The number of methoxy groups -OCH3 is 1. The van der Waals surface area contributed by atoms with E-state index in [0.717, 1.165) is 10.5 Å². The third kappa shape index (κ3) is 2.86. The molecule has 24 heavy (non-hydrogen) atoms. The average molecular weight is 343 g/mol.